The maximum atomic E-state index is 12.2. The summed E-state index contributed by atoms with van der Waals surface area (Å²) in [4.78, 5) is 24.8. The Labute approximate surface area is 113 Å². The standard InChI is InChI=1S/C13H24N2O4/c1-13(2,3)8-9(16)10(19-12(14)18)11(17)15-6-4-5-7-15/h9-10,16H,4-8H2,1-3H3,(H2,14,18). The number of nitrogens with zero attached hydrogens (tertiary/aromatic N) is 1. The van der Waals surface area contributed by atoms with E-state index in [-0.39, 0.29) is 11.3 Å². The van der Waals surface area contributed by atoms with Crippen molar-refractivity contribution in [1.29, 1.82) is 0 Å². The molecule has 0 radical (unpaired) electrons. The molecule has 3 N–H and O–H groups in total. The molecule has 0 aromatic rings. The highest BCUT2D eigenvalue weighted by atomic mass is 16.6. The van der Waals surface area contributed by atoms with Crippen molar-refractivity contribution >= 4 is 12.0 Å². The van der Waals surface area contributed by atoms with E-state index in [0.717, 1.165) is 12.8 Å². The van der Waals surface area contributed by atoms with Crippen molar-refractivity contribution in [2.75, 3.05) is 13.1 Å². The highest BCUT2D eigenvalue weighted by molar-refractivity contribution is 5.84. The normalized spacial score (nSPS) is 19.1. The number of carbonyl (C=O) groups is 2. The lowest BCUT2D eigenvalue weighted by atomic mass is 9.87. The molecule has 0 aliphatic carbocycles. The number of aliphatic hydroxyl groups is 1. The van der Waals surface area contributed by atoms with Crippen LogP contribution in [0.25, 0.3) is 0 Å². The van der Waals surface area contributed by atoms with Gasteiger partial charge in [0.1, 0.15) is 6.10 Å². The summed E-state index contributed by atoms with van der Waals surface area (Å²) in [5, 5.41) is 10.1. The average molecular weight is 272 g/mol. The van der Waals surface area contributed by atoms with Gasteiger partial charge in [0.05, 0.1) is 0 Å². The lowest BCUT2D eigenvalue weighted by molar-refractivity contribution is -0.146. The number of likely N-dealkylation sites (tertiary alicyclic amines) is 1. The van der Waals surface area contributed by atoms with Crippen LogP contribution in [0.2, 0.25) is 0 Å². The summed E-state index contributed by atoms with van der Waals surface area (Å²) in [6, 6.07) is 0. The maximum Gasteiger partial charge on any atom is 0.405 e. The van der Waals surface area contributed by atoms with Crippen molar-refractivity contribution in [2.45, 2.75) is 52.2 Å². The molecule has 2 atom stereocenters. The second-order valence-corrected chi connectivity index (χ2v) is 6.22. The second-order valence-electron chi connectivity index (χ2n) is 6.22. The van der Waals surface area contributed by atoms with E-state index in [9.17, 15) is 14.7 Å². The Kier molecular flexibility index (Phi) is 5.17. The maximum absolute atomic E-state index is 12.2. The lowest BCUT2D eigenvalue weighted by Gasteiger charge is -2.29. The Morgan fingerprint density at radius 3 is 2.26 bits per heavy atom. The van der Waals surface area contributed by atoms with E-state index >= 15 is 0 Å². The van der Waals surface area contributed by atoms with Gasteiger partial charge in [-0.05, 0) is 24.7 Å². The number of hydrogen-bond donors (Lipinski definition) is 2. The average Bonchev–Trinajstić information content (AvgIpc) is 2.75. The molecule has 1 aliphatic heterocycles. The molecule has 6 nitrogen and oxygen atoms in total. The van der Waals surface area contributed by atoms with E-state index in [1.807, 2.05) is 20.8 Å². The summed E-state index contributed by atoms with van der Waals surface area (Å²) in [6.07, 6.45) is -1.06. The molecule has 2 amide bonds. The van der Waals surface area contributed by atoms with Crippen LogP contribution in [0.3, 0.4) is 0 Å². The summed E-state index contributed by atoms with van der Waals surface area (Å²) in [7, 11) is 0. The molecule has 19 heavy (non-hydrogen) atoms. The molecule has 6 heteroatoms. The number of aliphatic hydroxyl groups excluding tert-OH is 1. The van der Waals surface area contributed by atoms with Crippen LogP contribution < -0.4 is 5.73 Å². The van der Waals surface area contributed by atoms with Gasteiger partial charge in [0.2, 0.25) is 6.10 Å². The fraction of sp³-hybridized carbons (Fsp3) is 0.846. The van der Waals surface area contributed by atoms with Gasteiger partial charge in [-0.3, -0.25) is 4.79 Å². The quantitative estimate of drug-likeness (QED) is 0.794. The van der Waals surface area contributed by atoms with Crippen LogP contribution in [0.5, 0.6) is 0 Å². The first-order valence-electron chi connectivity index (χ1n) is 6.63. The Morgan fingerprint density at radius 2 is 1.84 bits per heavy atom. The topological polar surface area (TPSA) is 92.9 Å². The molecule has 1 heterocycles. The molecule has 110 valence electrons. The largest absolute Gasteiger partial charge is 0.433 e. The summed E-state index contributed by atoms with van der Waals surface area (Å²) in [5.41, 5.74) is 4.81. The molecule has 2 unspecified atom stereocenters. The zero-order chi connectivity index (χ0) is 14.6. The van der Waals surface area contributed by atoms with Crippen LogP contribution in [0.1, 0.15) is 40.0 Å². The number of ether oxygens (including phenoxy) is 1. The minimum atomic E-state index is -1.20. The van der Waals surface area contributed by atoms with E-state index in [1.165, 1.54) is 0 Å². The van der Waals surface area contributed by atoms with E-state index in [0.29, 0.717) is 19.5 Å². The van der Waals surface area contributed by atoms with Gasteiger partial charge in [-0.2, -0.15) is 0 Å². The molecule has 1 rings (SSSR count). The van der Waals surface area contributed by atoms with Gasteiger partial charge in [-0.25, -0.2) is 4.79 Å². The first-order chi connectivity index (χ1) is 8.70. The molecule has 0 aromatic carbocycles. The first kappa shape index (κ1) is 15.8. The van der Waals surface area contributed by atoms with Crippen molar-refractivity contribution in [2.24, 2.45) is 11.1 Å². The number of rotatable bonds is 4. The minimum absolute atomic E-state index is 0.177. The third-order valence-electron chi connectivity index (χ3n) is 3.08. The van der Waals surface area contributed by atoms with Crippen LogP contribution in [-0.4, -0.2) is 47.3 Å². The van der Waals surface area contributed by atoms with Gasteiger partial charge in [0.25, 0.3) is 5.91 Å². The Balaban J connectivity index is 2.75. The molecule has 0 saturated carbocycles. The van der Waals surface area contributed by atoms with Crippen LogP contribution >= 0.6 is 0 Å². The molecule has 1 aliphatic rings. The summed E-state index contributed by atoms with van der Waals surface area (Å²) in [6.45, 7) is 7.10. The summed E-state index contributed by atoms with van der Waals surface area (Å²) < 4.78 is 4.83. The number of hydrogen-bond acceptors (Lipinski definition) is 4. The molecule has 1 saturated heterocycles. The van der Waals surface area contributed by atoms with Crippen molar-refractivity contribution in [3.05, 3.63) is 0 Å². The molecule has 0 spiro atoms. The highest BCUT2D eigenvalue weighted by Gasteiger charge is 2.36. The second kappa shape index (κ2) is 6.23. The number of amides is 2. The van der Waals surface area contributed by atoms with Crippen LogP contribution in [0, 0.1) is 5.41 Å². The van der Waals surface area contributed by atoms with Crippen molar-refractivity contribution in [3.63, 3.8) is 0 Å². The lowest BCUT2D eigenvalue weighted by Crippen LogP contribution is -2.48. The molecular formula is C13H24N2O4. The predicted octanol–water partition coefficient (Wildman–Crippen LogP) is 0.870. The molecular weight excluding hydrogens is 248 g/mol. The highest BCUT2D eigenvalue weighted by Crippen LogP contribution is 2.24. The van der Waals surface area contributed by atoms with Gasteiger partial charge in [-0.15, -0.1) is 0 Å². The van der Waals surface area contributed by atoms with Crippen LogP contribution in [0.4, 0.5) is 4.79 Å². The zero-order valence-electron chi connectivity index (χ0n) is 11.9. The van der Waals surface area contributed by atoms with Crippen molar-refractivity contribution in [1.82, 2.24) is 4.90 Å². The SMILES string of the molecule is CC(C)(C)CC(O)C(OC(N)=O)C(=O)N1CCCC1. The smallest absolute Gasteiger partial charge is 0.405 e. The first-order valence-corrected chi connectivity index (χ1v) is 6.63. The Bertz CT molecular complexity index is 332. The molecule has 0 bridgehead atoms. The Hall–Kier alpha value is -1.30. The molecule has 0 aromatic heterocycles. The van der Waals surface area contributed by atoms with E-state index in [2.05, 4.69) is 0 Å². The fourth-order valence-corrected chi connectivity index (χ4v) is 2.27. The number of nitrogens with two attached hydrogens (primary N) is 1. The van der Waals surface area contributed by atoms with Gasteiger partial charge in [0.15, 0.2) is 0 Å². The monoisotopic (exact) mass is 272 g/mol. The number of primary amides is 1. The van der Waals surface area contributed by atoms with Crippen molar-refractivity contribution < 1.29 is 19.4 Å². The van der Waals surface area contributed by atoms with Gasteiger partial charge < -0.3 is 20.5 Å². The van der Waals surface area contributed by atoms with Gasteiger partial charge >= 0.3 is 6.09 Å². The minimum Gasteiger partial charge on any atom is -0.433 e. The zero-order valence-corrected chi connectivity index (χ0v) is 11.9. The van der Waals surface area contributed by atoms with Crippen molar-refractivity contribution in [3.8, 4) is 0 Å². The Morgan fingerprint density at radius 1 is 1.32 bits per heavy atom. The molecule has 1 fully saturated rings. The summed E-state index contributed by atoms with van der Waals surface area (Å²) in [5.74, 6) is -0.354. The summed E-state index contributed by atoms with van der Waals surface area (Å²) >= 11 is 0. The third-order valence-corrected chi connectivity index (χ3v) is 3.08. The van der Waals surface area contributed by atoms with Gasteiger partial charge in [0, 0.05) is 13.1 Å². The van der Waals surface area contributed by atoms with Gasteiger partial charge in [-0.1, -0.05) is 20.8 Å². The van der Waals surface area contributed by atoms with Crippen LogP contribution in [0.15, 0.2) is 0 Å². The van der Waals surface area contributed by atoms with E-state index in [1.54, 1.807) is 4.90 Å². The fourth-order valence-electron chi connectivity index (χ4n) is 2.27. The van der Waals surface area contributed by atoms with Crippen LogP contribution in [-0.2, 0) is 9.53 Å². The van der Waals surface area contributed by atoms with E-state index in [4.69, 9.17) is 10.5 Å². The third kappa shape index (κ3) is 5.06. The predicted molar refractivity (Wildman–Crippen MR) is 70.3 cm³/mol. The number of carbonyl (C=O) groups excluding carboxylic acids is 2. The van der Waals surface area contributed by atoms with E-state index < -0.39 is 18.3 Å².